The second-order valence-electron chi connectivity index (χ2n) is 4.71. The summed E-state index contributed by atoms with van der Waals surface area (Å²) in [7, 11) is 0. The van der Waals surface area contributed by atoms with E-state index in [9.17, 15) is 4.79 Å². The standard InChI is InChI=1S/C16H16INO/c1-11(2)14-10-13(17)8-9-15(14)18-16(19)12-6-4-3-5-7-12/h3-11H,1-2H3,(H,18,19). The summed E-state index contributed by atoms with van der Waals surface area (Å²) in [6.45, 7) is 4.26. The minimum absolute atomic E-state index is 0.0660. The molecule has 2 rings (SSSR count). The summed E-state index contributed by atoms with van der Waals surface area (Å²) >= 11 is 2.29. The lowest BCUT2D eigenvalue weighted by Crippen LogP contribution is -2.13. The molecule has 3 heteroatoms. The highest BCUT2D eigenvalue weighted by Crippen LogP contribution is 2.26. The summed E-state index contributed by atoms with van der Waals surface area (Å²) in [6, 6.07) is 15.4. The van der Waals surface area contributed by atoms with Gasteiger partial charge in [0.2, 0.25) is 0 Å². The molecule has 0 aliphatic rings. The molecule has 0 saturated carbocycles. The lowest BCUT2D eigenvalue weighted by atomic mass is 10.0. The summed E-state index contributed by atoms with van der Waals surface area (Å²) < 4.78 is 1.18. The van der Waals surface area contributed by atoms with Gasteiger partial charge >= 0.3 is 0 Å². The lowest BCUT2D eigenvalue weighted by Gasteiger charge is -2.14. The first kappa shape index (κ1) is 14.1. The van der Waals surface area contributed by atoms with Crippen LogP contribution in [-0.2, 0) is 0 Å². The first-order valence-electron chi connectivity index (χ1n) is 6.24. The molecule has 0 fully saturated rings. The smallest absolute Gasteiger partial charge is 0.255 e. The first-order valence-corrected chi connectivity index (χ1v) is 7.31. The molecule has 0 unspecified atom stereocenters. The predicted molar refractivity (Wildman–Crippen MR) is 87.6 cm³/mol. The number of amides is 1. The largest absolute Gasteiger partial charge is 0.322 e. The van der Waals surface area contributed by atoms with E-state index >= 15 is 0 Å². The fraction of sp³-hybridized carbons (Fsp3) is 0.188. The number of anilines is 1. The van der Waals surface area contributed by atoms with E-state index in [0.29, 0.717) is 11.5 Å². The molecule has 19 heavy (non-hydrogen) atoms. The van der Waals surface area contributed by atoms with Crippen molar-refractivity contribution in [3.05, 3.63) is 63.2 Å². The minimum atomic E-state index is -0.0660. The van der Waals surface area contributed by atoms with E-state index in [1.807, 2.05) is 42.5 Å². The Bertz CT molecular complexity index is 579. The van der Waals surface area contributed by atoms with Crippen molar-refractivity contribution in [3.8, 4) is 0 Å². The van der Waals surface area contributed by atoms with Crippen molar-refractivity contribution in [1.29, 1.82) is 0 Å². The van der Waals surface area contributed by atoms with Gasteiger partial charge in [0, 0.05) is 14.8 Å². The van der Waals surface area contributed by atoms with Crippen LogP contribution in [0, 0.1) is 3.57 Å². The van der Waals surface area contributed by atoms with Crippen molar-refractivity contribution in [2.75, 3.05) is 5.32 Å². The number of carbonyl (C=O) groups is 1. The molecule has 0 heterocycles. The van der Waals surface area contributed by atoms with E-state index in [0.717, 1.165) is 11.3 Å². The summed E-state index contributed by atoms with van der Waals surface area (Å²) in [5.74, 6) is 0.310. The zero-order chi connectivity index (χ0) is 13.8. The molecule has 2 aromatic carbocycles. The molecule has 2 nitrogen and oxygen atoms in total. The van der Waals surface area contributed by atoms with Crippen molar-refractivity contribution in [2.45, 2.75) is 19.8 Å². The molecular formula is C16H16INO. The highest BCUT2D eigenvalue weighted by atomic mass is 127. The SMILES string of the molecule is CC(C)c1cc(I)ccc1NC(=O)c1ccccc1. The van der Waals surface area contributed by atoms with Crippen LogP contribution in [0.2, 0.25) is 0 Å². The van der Waals surface area contributed by atoms with Gasteiger partial charge in [-0.1, -0.05) is 32.0 Å². The maximum atomic E-state index is 12.2. The summed E-state index contributed by atoms with van der Waals surface area (Å²) in [4.78, 5) is 12.2. The highest BCUT2D eigenvalue weighted by molar-refractivity contribution is 14.1. The molecule has 0 atom stereocenters. The van der Waals surface area contributed by atoms with Crippen molar-refractivity contribution in [1.82, 2.24) is 0 Å². The van der Waals surface area contributed by atoms with Gasteiger partial charge in [-0.3, -0.25) is 4.79 Å². The number of hydrogen-bond acceptors (Lipinski definition) is 1. The third-order valence-electron chi connectivity index (χ3n) is 2.92. The van der Waals surface area contributed by atoms with E-state index in [4.69, 9.17) is 0 Å². The Hall–Kier alpha value is -1.36. The number of hydrogen-bond donors (Lipinski definition) is 1. The average molecular weight is 365 g/mol. The van der Waals surface area contributed by atoms with Crippen LogP contribution >= 0.6 is 22.6 Å². The summed E-state index contributed by atoms with van der Waals surface area (Å²) in [5.41, 5.74) is 2.73. The van der Waals surface area contributed by atoms with Gasteiger partial charge in [-0.25, -0.2) is 0 Å². The summed E-state index contributed by atoms with van der Waals surface area (Å²) in [6.07, 6.45) is 0. The second-order valence-corrected chi connectivity index (χ2v) is 5.95. The van der Waals surface area contributed by atoms with Crippen molar-refractivity contribution < 1.29 is 4.79 Å². The number of carbonyl (C=O) groups excluding carboxylic acids is 1. The van der Waals surface area contributed by atoms with Crippen LogP contribution in [0.25, 0.3) is 0 Å². The molecule has 1 amide bonds. The molecule has 1 N–H and O–H groups in total. The van der Waals surface area contributed by atoms with Crippen LogP contribution in [0.1, 0.15) is 35.7 Å². The van der Waals surface area contributed by atoms with Crippen LogP contribution < -0.4 is 5.32 Å². The molecule has 0 spiro atoms. The third-order valence-corrected chi connectivity index (χ3v) is 3.59. The normalized spacial score (nSPS) is 10.5. The Morgan fingerprint density at radius 1 is 1.11 bits per heavy atom. The molecule has 0 saturated heterocycles. The van der Waals surface area contributed by atoms with E-state index in [-0.39, 0.29) is 5.91 Å². The molecule has 2 aromatic rings. The van der Waals surface area contributed by atoms with Gasteiger partial charge in [0.05, 0.1) is 0 Å². The number of rotatable bonds is 3. The quantitative estimate of drug-likeness (QED) is 0.788. The molecule has 0 aliphatic heterocycles. The Kier molecular flexibility index (Phi) is 4.58. The number of halogens is 1. The van der Waals surface area contributed by atoms with Crippen LogP contribution in [0.4, 0.5) is 5.69 Å². The monoisotopic (exact) mass is 365 g/mol. The molecule has 0 aromatic heterocycles. The van der Waals surface area contributed by atoms with Gasteiger partial charge in [-0.15, -0.1) is 0 Å². The van der Waals surface area contributed by atoms with Crippen LogP contribution in [0.5, 0.6) is 0 Å². The van der Waals surface area contributed by atoms with Crippen molar-refractivity contribution >= 4 is 34.2 Å². The summed E-state index contributed by atoms with van der Waals surface area (Å²) in [5, 5.41) is 2.99. The van der Waals surface area contributed by atoms with Gasteiger partial charge in [0.15, 0.2) is 0 Å². The molecule has 0 bridgehead atoms. The molecule has 0 radical (unpaired) electrons. The van der Waals surface area contributed by atoms with Crippen molar-refractivity contribution in [2.24, 2.45) is 0 Å². The maximum absolute atomic E-state index is 12.2. The fourth-order valence-electron chi connectivity index (χ4n) is 1.91. The zero-order valence-electron chi connectivity index (χ0n) is 11.0. The number of nitrogens with one attached hydrogen (secondary N) is 1. The van der Waals surface area contributed by atoms with Gasteiger partial charge in [-0.05, 0) is 64.4 Å². The zero-order valence-corrected chi connectivity index (χ0v) is 13.1. The van der Waals surface area contributed by atoms with E-state index in [1.165, 1.54) is 3.57 Å². The Morgan fingerprint density at radius 2 is 1.79 bits per heavy atom. The van der Waals surface area contributed by atoms with Gasteiger partial charge in [-0.2, -0.15) is 0 Å². The average Bonchev–Trinajstić information content (AvgIpc) is 2.41. The highest BCUT2D eigenvalue weighted by Gasteiger charge is 2.11. The van der Waals surface area contributed by atoms with Crippen LogP contribution in [0.15, 0.2) is 48.5 Å². The van der Waals surface area contributed by atoms with Crippen LogP contribution in [-0.4, -0.2) is 5.91 Å². The Labute approximate surface area is 127 Å². The molecular weight excluding hydrogens is 349 g/mol. The predicted octanol–water partition coefficient (Wildman–Crippen LogP) is 4.67. The van der Waals surface area contributed by atoms with E-state index in [1.54, 1.807) is 0 Å². The van der Waals surface area contributed by atoms with Crippen molar-refractivity contribution in [3.63, 3.8) is 0 Å². The van der Waals surface area contributed by atoms with Crippen LogP contribution in [0.3, 0.4) is 0 Å². The first-order chi connectivity index (χ1) is 9.08. The third kappa shape index (κ3) is 3.56. The second kappa shape index (κ2) is 6.19. The van der Waals surface area contributed by atoms with Gasteiger partial charge in [0.25, 0.3) is 5.91 Å². The fourth-order valence-corrected chi connectivity index (χ4v) is 2.42. The maximum Gasteiger partial charge on any atom is 0.255 e. The lowest BCUT2D eigenvalue weighted by molar-refractivity contribution is 0.102. The molecule has 98 valence electrons. The van der Waals surface area contributed by atoms with E-state index in [2.05, 4.69) is 47.8 Å². The topological polar surface area (TPSA) is 29.1 Å². The van der Waals surface area contributed by atoms with Gasteiger partial charge in [0.1, 0.15) is 0 Å². The van der Waals surface area contributed by atoms with E-state index < -0.39 is 0 Å². The van der Waals surface area contributed by atoms with Gasteiger partial charge < -0.3 is 5.32 Å². The number of benzene rings is 2. The minimum Gasteiger partial charge on any atom is -0.322 e. The Balaban J connectivity index is 2.27. The Morgan fingerprint density at radius 3 is 2.42 bits per heavy atom. The molecule has 0 aliphatic carbocycles.